The van der Waals surface area contributed by atoms with Gasteiger partial charge in [0.05, 0.1) is 5.37 Å². The Kier molecular flexibility index (Phi) is 4.16. The standard InChI is InChI=1S/C11H17NS/c1-3-11(13)12(4-2)10-8-6-5-7-9-10/h5-9,11,13H,3-4H2,1-2H3. The minimum atomic E-state index is 0.326. The Hall–Kier alpha value is -0.630. The van der Waals surface area contributed by atoms with Gasteiger partial charge in [-0.15, -0.1) is 0 Å². The van der Waals surface area contributed by atoms with Gasteiger partial charge in [-0.1, -0.05) is 25.1 Å². The molecule has 0 amide bonds. The van der Waals surface area contributed by atoms with Crippen LogP contribution in [0, 0.1) is 0 Å². The molecule has 0 aliphatic rings. The molecule has 0 saturated heterocycles. The van der Waals surface area contributed by atoms with Crippen LogP contribution in [0.5, 0.6) is 0 Å². The molecule has 0 bridgehead atoms. The first-order chi connectivity index (χ1) is 6.29. The first-order valence-corrected chi connectivity index (χ1v) is 5.31. The van der Waals surface area contributed by atoms with Crippen molar-refractivity contribution in [2.45, 2.75) is 25.6 Å². The third kappa shape index (κ3) is 2.66. The molecule has 1 rings (SSSR count). The Bertz CT molecular complexity index is 235. The fraction of sp³-hybridized carbons (Fsp3) is 0.455. The first kappa shape index (κ1) is 10.5. The summed E-state index contributed by atoms with van der Waals surface area (Å²) in [6, 6.07) is 10.4. The molecule has 0 aliphatic heterocycles. The summed E-state index contributed by atoms with van der Waals surface area (Å²) in [6.45, 7) is 5.32. The van der Waals surface area contributed by atoms with Crippen molar-refractivity contribution in [3.8, 4) is 0 Å². The Morgan fingerprint density at radius 1 is 1.23 bits per heavy atom. The number of hydrogen-bond acceptors (Lipinski definition) is 2. The molecule has 1 atom stereocenters. The summed E-state index contributed by atoms with van der Waals surface area (Å²) >= 11 is 4.54. The summed E-state index contributed by atoms with van der Waals surface area (Å²) in [4.78, 5) is 2.29. The highest BCUT2D eigenvalue weighted by Gasteiger charge is 2.10. The molecule has 72 valence electrons. The van der Waals surface area contributed by atoms with Crippen LogP contribution in [0.25, 0.3) is 0 Å². The highest BCUT2D eigenvalue weighted by molar-refractivity contribution is 7.81. The maximum Gasteiger partial charge on any atom is 0.0718 e. The van der Waals surface area contributed by atoms with Crippen molar-refractivity contribution in [3.05, 3.63) is 30.3 Å². The van der Waals surface area contributed by atoms with Crippen molar-refractivity contribution in [1.29, 1.82) is 0 Å². The molecule has 0 fully saturated rings. The highest BCUT2D eigenvalue weighted by Crippen LogP contribution is 2.19. The quantitative estimate of drug-likeness (QED) is 0.570. The predicted molar refractivity (Wildman–Crippen MR) is 62.5 cm³/mol. The summed E-state index contributed by atoms with van der Waals surface area (Å²) in [7, 11) is 0. The minimum Gasteiger partial charge on any atom is -0.360 e. The Morgan fingerprint density at radius 2 is 1.85 bits per heavy atom. The number of thiol groups is 1. The predicted octanol–water partition coefficient (Wildman–Crippen LogP) is 3.18. The van der Waals surface area contributed by atoms with E-state index in [0.717, 1.165) is 13.0 Å². The summed E-state index contributed by atoms with van der Waals surface area (Å²) < 4.78 is 0. The first-order valence-electron chi connectivity index (χ1n) is 4.79. The molecule has 1 unspecified atom stereocenters. The molecule has 0 radical (unpaired) electrons. The van der Waals surface area contributed by atoms with Gasteiger partial charge >= 0.3 is 0 Å². The molecular weight excluding hydrogens is 178 g/mol. The van der Waals surface area contributed by atoms with E-state index in [0.29, 0.717) is 5.37 Å². The molecule has 1 nitrogen and oxygen atoms in total. The SMILES string of the molecule is CCC(S)N(CC)c1ccccc1. The average Bonchev–Trinajstić information content (AvgIpc) is 2.20. The fourth-order valence-corrected chi connectivity index (χ4v) is 1.70. The molecule has 2 heteroatoms. The Balaban J connectivity index is 2.78. The second kappa shape index (κ2) is 5.18. The average molecular weight is 195 g/mol. The van der Waals surface area contributed by atoms with Gasteiger partial charge in [0, 0.05) is 12.2 Å². The molecule has 0 aliphatic carbocycles. The summed E-state index contributed by atoms with van der Waals surface area (Å²) in [5.41, 5.74) is 1.26. The van der Waals surface area contributed by atoms with E-state index in [9.17, 15) is 0 Å². The van der Waals surface area contributed by atoms with Crippen LogP contribution in [0.2, 0.25) is 0 Å². The lowest BCUT2D eigenvalue weighted by molar-refractivity contribution is 0.749. The lowest BCUT2D eigenvalue weighted by Gasteiger charge is -2.28. The van der Waals surface area contributed by atoms with Crippen LogP contribution in [0.3, 0.4) is 0 Å². The number of rotatable bonds is 4. The number of nitrogens with zero attached hydrogens (tertiary/aromatic N) is 1. The van der Waals surface area contributed by atoms with E-state index < -0.39 is 0 Å². The normalized spacial score (nSPS) is 12.5. The third-order valence-electron chi connectivity index (χ3n) is 2.15. The molecule has 0 N–H and O–H groups in total. The van der Waals surface area contributed by atoms with E-state index in [4.69, 9.17) is 0 Å². The van der Waals surface area contributed by atoms with Crippen molar-refractivity contribution in [2.75, 3.05) is 11.4 Å². The Morgan fingerprint density at radius 3 is 2.31 bits per heavy atom. The van der Waals surface area contributed by atoms with Gasteiger partial charge in [0.2, 0.25) is 0 Å². The van der Waals surface area contributed by atoms with Gasteiger partial charge < -0.3 is 4.90 Å². The largest absolute Gasteiger partial charge is 0.360 e. The van der Waals surface area contributed by atoms with Crippen molar-refractivity contribution >= 4 is 18.3 Å². The summed E-state index contributed by atoms with van der Waals surface area (Å²) in [5.74, 6) is 0. The van der Waals surface area contributed by atoms with Crippen LogP contribution in [0.15, 0.2) is 30.3 Å². The van der Waals surface area contributed by atoms with Crippen LogP contribution in [-0.4, -0.2) is 11.9 Å². The summed E-state index contributed by atoms with van der Waals surface area (Å²) in [5, 5.41) is 0.326. The Labute approximate surface area is 86.2 Å². The zero-order chi connectivity index (χ0) is 9.68. The molecule has 0 aromatic heterocycles. The van der Waals surface area contributed by atoms with E-state index >= 15 is 0 Å². The maximum atomic E-state index is 4.54. The van der Waals surface area contributed by atoms with Gasteiger partial charge in [-0.3, -0.25) is 0 Å². The topological polar surface area (TPSA) is 3.24 Å². The third-order valence-corrected chi connectivity index (χ3v) is 2.80. The number of anilines is 1. The van der Waals surface area contributed by atoms with Crippen LogP contribution in [0.4, 0.5) is 5.69 Å². The lowest BCUT2D eigenvalue weighted by Crippen LogP contribution is -2.30. The van der Waals surface area contributed by atoms with Gasteiger partial charge in [0.25, 0.3) is 0 Å². The van der Waals surface area contributed by atoms with E-state index in [1.54, 1.807) is 0 Å². The van der Waals surface area contributed by atoms with Crippen molar-refractivity contribution in [1.82, 2.24) is 0 Å². The van der Waals surface area contributed by atoms with Gasteiger partial charge in [-0.05, 0) is 25.5 Å². The van der Waals surface area contributed by atoms with E-state index in [1.165, 1.54) is 5.69 Å². The van der Waals surface area contributed by atoms with Crippen molar-refractivity contribution in [2.24, 2.45) is 0 Å². The van der Waals surface area contributed by atoms with E-state index in [2.05, 4.69) is 55.6 Å². The zero-order valence-electron chi connectivity index (χ0n) is 8.27. The van der Waals surface area contributed by atoms with Crippen LogP contribution < -0.4 is 4.90 Å². The second-order valence-corrected chi connectivity index (χ2v) is 3.61. The van der Waals surface area contributed by atoms with Gasteiger partial charge in [-0.25, -0.2) is 0 Å². The monoisotopic (exact) mass is 195 g/mol. The number of benzene rings is 1. The lowest BCUT2D eigenvalue weighted by atomic mass is 10.2. The molecule has 0 spiro atoms. The highest BCUT2D eigenvalue weighted by atomic mass is 32.1. The smallest absolute Gasteiger partial charge is 0.0718 e. The molecule has 0 heterocycles. The zero-order valence-corrected chi connectivity index (χ0v) is 9.17. The van der Waals surface area contributed by atoms with Gasteiger partial charge in [-0.2, -0.15) is 12.6 Å². The second-order valence-electron chi connectivity index (χ2n) is 3.01. The van der Waals surface area contributed by atoms with Gasteiger partial charge in [0.1, 0.15) is 0 Å². The molecule has 1 aromatic carbocycles. The van der Waals surface area contributed by atoms with Crippen molar-refractivity contribution < 1.29 is 0 Å². The molecule has 1 aromatic rings. The number of hydrogen-bond donors (Lipinski definition) is 1. The maximum absolute atomic E-state index is 4.54. The van der Waals surface area contributed by atoms with E-state index in [-0.39, 0.29) is 0 Å². The molecular formula is C11H17NS. The van der Waals surface area contributed by atoms with Crippen LogP contribution >= 0.6 is 12.6 Å². The molecule has 0 saturated carbocycles. The molecule has 13 heavy (non-hydrogen) atoms. The van der Waals surface area contributed by atoms with Gasteiger partial charge in [0.15, 0.2) is 0 Å². The van der Waals surface area contributed by atoms with Crippen molar-refractivity contribution in [3.63, 3.8) is 0 Å². The summed E-state index contributed by atoms with van der Waals surface area (Å²) in [6.07, 6.45) is 1.06. The number of para-hydroxylation sites is 1. The van der Waals surface area contributed by atoms with Crippen LogP contribution in [0.1, 0.15) is 20.3 Å². The van der Waals surface area contributed by atoms with E-state index in [1.807, 2.05) is 6.07 Å². The minimum absolute atomic E-state index is 0.326. The fourth-order valence-electron chi connectivity index (χ4n) is 1.41. The van der Waals surface area contributed by atoms with Crippen LogP contribution in [-0.2, 0) is 0 Å².